The Bertz CT molecular complexity index is 295. The summed E-state index contributed by atoms with van der Waals surface area (Å²) in [4.78, 5) is 0. The first kappa shape index (κ1) is 16.8. The molecule has 0 bridgehead atoms. The molecule has 0 aromatic rings. The Hall–Kier alpha value is -0.210. The van der Waals surface area contributed by atoms with Crippen LogP contribution in [0.25, 0.3) is 0 Å². The van der Waals surface area contributed by atoms with Gasteiger partial charge in [-0.25, -0.2) is 0 Å². The Kier molecular flexibility index (Phi) is 7.89. The van der Waals surface area contributed by atoms with Crippen molar-refractivity contribution in [3.05, 3.63) is 0 Å². The minimum Gasteiger partial charge on any atom is -0.393 e. The summed E-state index contributed by atoms with van der Waals surface area (Å²) < 4.78 is 32.1. The lowest BCUT2D eigenvalue weighted by Gasteiger charge is -2.27. The van der Waals surface area contributed by atoms with Gasteiger partial charge < -0.3 is 10.8 Å². The summed E-state index contributed by atoms with van der Waals surface area (Å²) in [6.07, 6.45) is 2.66. The van der Waals surface area contributed by atoms with Crippen LogP contribution in [0.5, 0.6) is 0 Å². The maximum atomic E-state index is 11.1. The van der Waals surface area contributed by atoms with E-state index in [1.807, 2.05) is 6.92 Å². The first-order chi connectivity index (χ1) is 7.86. The first-order valence-corrected chi connectivity index (χ1v) is 7.37. The summed E-state index contributed by atoms with van der Waals surface area (Å²) >= 11 is 0. The second-order valence-electron chi connectivity index (χ2n) is 4.21. The van der Waals surface area contributed by atoms with Crippen LogP contribution in [-0.2, 0) is 10.3 Å². The third kappa shape index (κ3) is 6.32. The van der Waals surface area contributed by atoms with Crippen molar-refractivity contribution in [2.45, 2.75) is 45.7 Å². The lowest BCUT2D eigenvalue weighted by atomic mass is 9.99. The summed E-state index contributed by atoms with van der Waals surface area (Å²) in [6, 6.07) is 0. The maximum absolute atomic E-state index is 11.1. The van der Waals surface area contributed by atoms with Gasteiger partial charge in [-0.2, -0.15) is 12.7 Å². The van der Waals surface area contributed by atoms with Crippen molar-refractivity contribution in [1.29, 1.82) is 0 Å². The summed E-state index contributed by atoms with van der Waals surface area (Å²) in [5, 5.41) is 8.89. The SMILES string of the molecule is CCCCC(CC)CN(C(N)CO)S(=O)(=O)O. The van der Waals surface area contributed by atoms with Crippen LogP contribution in [0.3, 0.4) is 0 Å². The third-order valence-electron chi connectivity index (χ3n) is 2.83. The number of rotatable bonds is 9. The molecule has 4 N–H and O–H groups in total. The van der Waals surface area contributed by atoms with E-state index in [0.29, 0.717) is 0 Å². The Labute approximate surface area is 104 Å². The molecule has 0 fully saturated rings. The van der Waals surface area contributed by atoms with Crippen LogP contribution in [0.4, 0.5) is 0 Å². The van der Waals surface area contributed by atoms with Crippen LogP contribution in [0.2, 0.25) is 0 Å². The molecule has 0 heterocycles. The highest BCUT2D eigenvalue weighted by molar-refractivity contribution is 7.83. The van der Waals surface area contributed by atoms with Gasteiger partial charge in [0.2, 0.25) is 0 Å². The average molecular weight is 268 g/mol. The van der Waals surface area contributed by atoms with E-state index in [-0.39, 0.29) is 12.5 Å². The molecule has 0 radical (unpaired) electrons. The van der Waals surface area contributed by atoms with Gasteiger partial charge in [-0.3, -0.25) is 4.55 Å². The summed E-state index contributed by atoms with van der Waals surface area (Å²) in [5.41, 5.74) is 5.47. The van der Waals surface area contributed by atoms with Gasteiger partial charge in [0.1, 0.15) is 0 Å². The summed E-state index contributed by atoms with van der Waals surface area (Å²) in [7, 11) is -4.36. The molecule has 2 unspecified atom stereocenters. The minimum atomic E-state index is -4.36. The predicted octanol–water partition coefficient (Wildman–Crippen LogP) is 0.585. The van der Waals surface area contributed by atoms with Gasteiger partial charge in [0.05, 0.1) is 12.8 Å². The minimum absolute atomic E-state index is 0.148. The summed E-state index contributed by atoms with van der Waals surface area (Å²) in [6.45, 7) is 3.67. The van der Waals surface area contributed by atoms with Crippen LogP contribution in [0.1, 0.15) is 39.5 Å². The van der Waals surface area contributed by atoms with E-state index in [9.17, 15) is 8.42 Å². The molecule has 104 valence electrons. The van der Waals surface area contributed by atoms with Crippen LogP contribution in [0, 0.1) is 5.92 Å². The number of hydrogen-bond acceptors (Lipinski definition) is 4. The van der Waals surface area contributed by atoms with Crippen LogP contribution >= 0.6 is 0 Å². The van der Waals surface area contributed by atoms with E-state index >= 15 is 0 Å². The Morgan fingerprint density at radius 2 is 1.94 bits per heavy atom. The van der Waals surface area contributed by atoms with E-state index < -0.39 is 23.1 Å². The smallest absolute Gasteiger partial charge is 0.337 e. The molecule has 17 heavy (non-hydrogen) atoms. The van der Waals surface area contributed by atoms with Crippen molar-refractivity contribution < 1.29 is 18.1 Å². The lowest BCUT2D eigenvalue weighted by Crippen LogP contribution is -2.49. The summed E-state index contributed by atoms with van der Waals surface area (Å²) in [5.74, 6) is 0.148. The van der Waals surface area contributed by atoms with Crippen molar-refractivity contribution in [3.8, 4) is 0 Å². The van der Waals surface area contributed by atoms with Gasteiger partial charge in [-0.15, -0.1) is 0 Å². The highest BCUT2D eigenvalue weighted by Gasteiger charge is 2.27. The van der Waals surface area contributed by atoms with Crippen LogP contribution in [0.15, 0.2) is 0 Å². The Balaban J connectivity index is 4.61. The third-order valence-corrected chi connectivity index (χ3v) is 3.85. The van der Waals surface area contributed by atoms with E-state index in [1.165, 1.54) is 0 Å². The number of aliphatic hydroxyl groups excluding tert-OH is 1. The van der Waals surface area contributed by atoms with Gasteiger partial charge in [-0.1, -0.05) is 33.1 Å². The molecule has 0 saturated carbocycles. The molecule has 0 aliphatic heterocycles. The second-order valence-corrected chi connectivity index (χ2v) is 5.58. The van der Waals surface area contributed by atoms with Crippen LogP contribution < -0.4 is 5.73 Å². The molecule has 0 aliphatic carbocycles. The fourth-order valence-electron chi connectivity index (χ4n) is 1.66. The molecular weight excluding hydrogens is 244 g/mol. The van der Waals surface area contributed by atoms with Crippen LogP contribution in [-0.4, -0.2) is 41.7 Å². The highest BCUT2D eigenvalue weighted by atomic mass is 32.2. The number of nitrogens with zero attached hydrogens (tertiary/aromatic N) is 1. The molecule has 7 heteroatoms. The molecule has 0 amide bonds. The van der Waals surface area contributed by atoms with Gasteiger partial charge in [0, 0.05) is 6.54 Å². The topological polar surface area (TPSA) is 104 Å². The van der Waals surface area contributed by atoms with Gasteiger partial charge >= 0.3 is 10.3 Å². The quantitative estimate of drug-likeness (QED) is 0.419. The fourth-order valence-corrected chi connectivity index (χ4v) is 2.47. The maximum Gasteiger partial charge on any atom is 0.337 e. The number of nitrogens with two attached hydrogens (primary N) is 1. The zero-order valence-corrected chi connectivity index (χ0v) is 11.4. The van der Waals surface area contributed by atoms with Crippen molar-refractivity contribution in [1.82, 2.24) is 4.31 Å². The molecule has 0 aliphatic rings. The van der Waals surface area contributed by atoms with Crippen molar-refractivity contribution >= 4 is 10.3 Å². The van der Waals surface area contributed by atoms with Crippen molar-refractivity contribution in [3.63, 3.8) is 0 Å². The zero-order chi connectivity index (χ0) is 13.5. The Morgan fingerprint density at radius 1 is 1.35 bits per heavy atom. The fraction of sp³-hybridized carbons (Fsp3) is 1.00. The van der Waals surface area contributed by atoms with E-state index in [0.717, 1.165) is 30.0 Å². The van der Waals surface area contributed by atoms with Gasteiger partial charge in [-0.05, 0) is 12.3 Å². The molecule has 0 rings (SSSR count). The molecule has 0 aromatic heterocycles. The molecule has 0 aromatic carbocycles. The van der Waals surface area contributed by atoms with Gasteiger partial charge in [0.25, 0.3) is 0 Å². The second kappa shape index (κ2) is 7.99. The molecule has 6 nitrogen and oxygen atoms in total. The number of unbranched alkanes of at least 4 members (excludes halogenated alkanes) is 1. The molecule has 0 saturated heterocycles. The molecule has 0 spiro atoms. The Morgan fingerprint density at radius 3 is 2.29 bits per heavy atom. The lowest BCUT2D eigenvalue weighted by molar-refractivity contribution is 0.163. The average Bonchev–Trinajstić information content (AvgIpc) is 2.27. The standard InChI is InChI=1S/C10H24N2O4S/c1-3-5-6-9(4-2)7-12(10(11)8-13)17(14,15)16/h9-10,13H,3-8,11H2,1-2H3,(H,14,15,16). The normalized spacial score (nSPS) is 16.1. The van der Waals surface area contributed by atoms with Crippen molar-refractivity contribution in [2.75, 3.05) is 13.2 Å². The van der Waals surface area contributed by atoms with E-state index in [4.69, 9.17) is 15.4 Å². The molecule has 2 atom stereocenters. The highest BCUT2D eigenvalue weighted by Crippen LogP contribution is 2.16. The number of hydrogen-bond donors (Lipinski definition) is 3. The number of aliphatic hydroxyl groups is 1. The van der Waals surface area contributed by atoms with Gasteiger partial charge in [0.15, 0.2) is 0 Å². The zero-order valence-electron chi connectivity index (χ0n) is 10.5. The predicted molar refractivity (Wildman–Crippen MR) is 66.6 cm³/mol. The van der Waals surface area contributed by atoms with E-state index in [1.54, 1.807) is 0 Å². The monoisotopic (exact) mass is 268 g/mol. The first-order valence-electron chi connectivity index (χ1n) is 5.97. The molecular formula is C10H24N2O4S. The largest absolute Gasteiger partial charge is 0.393 e. The van der Waals surface area contributed by atoms with E-state index in [2.05, 4.69) is 6.92 Å². The van der Waals surface area contributed by atoms with Crippen molar-refractivity contribution in [2.24, 2.45) is 11.7 Å².